The summed E-state index contributed by atoms with van der Waals surface area (Å²) >= 11 is 0. The largest absolute Gasteiger partial charge is 0.312 e. The molecule has 1 aliphatic heterocycles. The van der Waals surface area contributed by atoms with Crippen LogP contribution < -0.4 is 5.32 Å². The van der Waals surface area contributed by atoms with Gasteiger partial charge in [-0.2, -0.15) is 0 Å². The van der Waals surface area contributed by atoms with E-state index in [-0.39, 0.29) is 0 Å². The zero-order chi connectivity index (χ0) is 14.5. The molecule has 114 valence electrons. The van der Waals surface area contributed by atoms with Crippen molar-refractivity contribution in [3.63, 3.8) is 0 Å². The van der Waals surface area contributed by atoms with Gasteiger partial charge in [-0.1, -0.05) is 27.7 Å². The Balaban J connectivity index is 2.39. The van der Waals surface area contributed by atoms with Crippen LogP contribution in [0.3, 0.4) is 0 Å². The van der Waals surface area contributed by atoms with Crippen LogP contribution in [0.2, 0.25) is 0 Å². The molecule has 0 bridgehead atoms. The van der Waals surface area contributed by atoms with E-state index in [9.17, 15) is 0 Å². The third-order valence-corrected chi connectivity index (χ3v) is 4.24. The lowest BCUT2D eigenvalue weighted by Gasteiger charge is -2.35. The average molecular weight is 269 g/mol. The van der Waals surface area contributed by atoms with Gasteiger partial charge in [0.2, 0.25) is 0 Å². The van der Waals surface area contributed by atoms with Crippen LogP contribution in [-0.2, 0) is 0 Å². The van der Waals surface area contributed by atoms with Crippen molar-refractivity contribution >= 4 is 0 Å². The molecule has 2 atom stereocenters. The first-order valence-corrected chi connectivity index (χ1v) is 7.93. The van der Waals surface area contributed by atoms with Gasteiger partial charge in [0.25, 0.3) is 0 Å². The topological polar surface area (TPSA) is 18.5 Å². The van der Waals surface area contributed by atoms with Gasteiger partial charge < -0.3 is 15.1 Å². The Hall–Kier alpha value is -0.120. The van der Waals surface area contributed by atoms with E-state index in [0.29, 0.717) is 11.5 Å². The number of hydrogen-bond acceptors (Lipinski definition) is 3. The molecular formula is C16H35N3. The van der Waals surface area contributed by atoms with Gasteiger partial charge in [0.05, 0.1) is 0 Å². The van der Waals surface area contributed by atoms with Crippen molar-refractivity contribution in [1.82, 2.24) is 15.1 Å². The molecule has 3 heteroatoms. The van der Waals surface area contributed by atoms with Crippen LogP contribution in [0, 0.1) is 11.3 Å². The van der Waals surface area contributed by atoms with E-state index in [2.05, 4.69) is 56.9 Å². The molecule has 3 nitrogen and oxygen atoms in total. The Labute approximate surface area is 120 Å². The van der Waals surface area contributed by atoms with Crippen LogP contribution in [0.25, 0.3) is 0 Å². The van der Waals surface area contributed by atoms with Crippen molar-refractivity contribution in [2.24, 2.45) is 11.3 Å². The van der Waals surface area contributed by atoms with Crippen molar-refractivity contribution in [3.8, 4) is 0 Å². The first kappa shape index (κ1) is 16.9. The van der Waals surface area contributed by atoms with Gasteiger partial charge in [0, 0.05) is 25.7 Å². The second kappa shape index (κ2) is 7.61. The van der Waals surface area contributed by atoms with E-state index >= 15 is 0 Å². The van der Waals surface area contributed by atoms with E-state index < -0.39 is 0 Å². The Kier molecular flexibility index (Phi) is 6.78. The number of nitrogens with one attached hydrogen (secondary N) is 1. The Bertz CT molecular complexity index is 247. The Morgan fingerprint density at radius 1 is 1.37 bits per heavy atom. The molecule has 0 aromatic rings. The zero-order valence-electron chi connectivity index (χ0n) is 14.0. The fourth-order valence-corrected chi connectivity index (χ4v) is 2.97. The lowest BCUT2D eigenvalue weighted by Crippen LogP contribution is -2.48. The summed E-state index contributed by atoms with van der Waals surface area (Å²) in [4.78, 5) is 4.98. The Morgan fingerprint density at radius 2 is 2.05 bits per heavy atom. The van der Waals surface area contributed by atoms with Crippen molar-refractivity contribution in [2.45, 2.75) is 46.6 Å². The molecule has 0 saturated carbocycles. The van der Waals surface area contributed by atoms with Gasteiger partial charge in [0.15, 0.2) is 0 Å². The molecule has 0 aromatic carbocycles. The van der Waals surface area contributed by atoms with Gasteiger partial charge in [-0.15, -0.1) is 0 Å². The van der Waals surface area contributed by atoms with E-state index in [4.69, 9.17) is 0 Å². The summed E-state index contributed by atoms with van der Waals surface area (Å²) < 4.78 is 0. The second-order valence-electron chi connectivity index (χ2n) is 7.51. The molecule has 1 aliphatic rings. The molecule has 19 heavy (non-hydrogen) atoms. The van der Waals surface area contributed by atoms with Crippen LogP contribution in [0.15, 0.2) is 0 Å². The predicted octanol–water partition coefficient (Wildman–Crippen LogP) is 2.28. The van der Waals surface area contributed by atoms with Gasteiger partial charge in [-0.3, -0.25) is 0 Å². The van der Waals surface area contributed by atoms with E-state index in [1.165, 1.54) is 32.5 Å². The fraction of sp³-hybridized carbons (Fsp3) is 1.00. The Morgan fingerprint density at radius 3 is 2.53 bits per heavy atom. The van der Waals surface area contributed by atoms with Crippen molar-refractivity contribution in [1.29, 1.82) is 0 Å². The maximum absolute atomic E-state index is 3.72. The molecule has 1 saturated heterocycles. The number of likely N-dealkylation sites (tertiary alicyclic amines) is 1. The van der Waals surface area contributed by atoms with Crippen LogP contribution in [0.5, 0.6) is 0 Å². The highest BCUT2D eigenvalue weighted by atomic mass is 15.2. The van der Waals surface area contributed by atoms with Crippen LogP contribution >= 0.6 is 0 Å². The summed E-state index contributed by atoms with van der Waals surface area (Å²) in [6.45, 7) is 15.3. The van der Waals surface area contributed by atoms with Crippen molar-refractivity contribution in [3.05, 3.63) is 0 Å². The second-order valence-corrected chi connectivity index (χ2v) is 7.51. The molecular weight excluding hydrogens is 234 g/mol. The highest BCUT2D eigenvalue weighted by molar-refractivity contribution is 4.84. The van der Waals surface area contributed by atoms with Crippen molar-refractivity contribution in [2.75, 3.05) is 46.8 Å². The molecule has 1 N–H and O–H groups in total. The molecule has 1 rings (SSSR count). The first-order chi connectivity index (χ1) is 8.82. The third-order valence-electron chi connectivity index (χ3n) is 4.24. The highest BCUT2D eigenvalue weighted by Gasteiger charge is 2.27. The molecule has 0 radical (unpaired) electrons. The maximum Gasteiger partial charge on any atom is 0.0243 e. The van der Waals surface area contributed by atoms with Crippen LogP contribution in [0.4, 0.5) is 0 Å². The average Bonchev–Trinajstić information content (AvgIpc) is 2.68. The maximum atomic E-state index is 3.72. The summed E-state index contributed by atoms with van der Waals surface area (Å²) in [5.74, 6) is 0.863. The monoisotopic (exact) mass is 269 g/mol. The summed E-state index contributed by atoms with van der Waals surface area (Å²) in [7, 11) is 4.52. The van der Waals surface area contributed by atoms with Gasteiger partial charge >= 0.3 is 0 Å². The van der Waals surface area contributed by atoms with Gasteiger partial charge in [0.1, 0.15) is 0 Å². The minimum absolute atomic E-state index is 0.329. The van der Waals surface area contributed by atoms with Crippen LogP contribution in [0.1, 0.15) is 40.5 Å². The fourth-order valence-electron chi connectivity index (χ4n) is 2.97. The number of rotatable bonds is 7. The van der Waals surface area contributed by atoms with Gasteiger partial charge in [-0.05, 0) is 51.4 Å². The van der Waals surface area contributed by atoms with E-state index in [1.807, 2.05) is 0 Å². The predicted molar refractivity (Wildman–Crippen MR) is 84.6 cm³/mol. The minimum Gasteiger partial charge on any atom is -0.312 e. The third kappa shape index (κ3) is 6.24. The van der Waals surface area contributed by atoms with E-state index in [0.717, 1.165) is 19.0 Å². The number of nitrogens with zero attached hydrogens (tertiary/aromatic N) is 2. The van der Waals surface area contributed by atoms with Crippen molar-refractivity contribution < 1.29 is 0 Å². The van der Waals surface area contributed by atoms with Crippen LogP contribution in [-0.4, -0.2) is 62.7 Å². The number of likely N-dealkylation sites (N-methyl/N-ethyl adjacent to an activating group) is 1. The molecule has 2 unspecified atom stereocenters. The first-order valence-electron chi connectivity index (χ1n) is 7.93. The molecule has 0 aromatic heterocycles. The summed E-state index contributed by atoms with van der Waals surface area (Å²) in [5.41, 5.74) is 0.329. The molecule has 0 spiro atoms. The lowest BCUT2D eigenvalue weighted by molar-refractivity contribution is 0.179. The minimum atomic E-state index is 0.329. The summed E-state index contributed by atoms with van der Waals surface area (Å²) in [6, 6.07) is 0.580. The quantitative estimate of drug-likeness (QED) is 0.765. The standard InChI is InChI=1S/C16H35N3/c1-7-9-17-15(16(2,3)4)13-19(6)12-14-8-10-18(5)11-14/h14-15,17H,7-13H2,1-6H3. The SMILES string of the molecule is CCCNC(CN(C)CC1CCN(C)C1)C(C)(C)C. The molecule has 1 fully saturated rings. The zero-order valence-corrected chi connectivity index (χ0v) is 14.0. The molecule has 0 aliphatic carbocycles. The van der Waals surface area contributed by atoms with E-state index in [1.54, 1.807) is 0 Å². The smallest absolute Gasteiger partial charge is 0.0243 e. The summed E-state index contributed by atoms with van der Waals surface area (Å²) in [6.07, 6.45) is 2.58. The lowest BCUT2D eigenvalue weighted by atomic mass is 9.86. The number of hydrogen-bond donors (Lipinski definition) is 1. The highest BCUT2D eigenvalue weighted by Crippen LogP contribution is 2.21. The molecule has 1 heterocycles. The normalized spacial score (nSPS) is 23.2. The summed E-state index contributed by atoms with van der Waals surface area (Å²) in [5, 5.41) is 3.72. The van der Waals surface area contributed by atoms with Gasteiger partial charge in [-0.25, -0.2) is 0 Å². The molecule has 0 amide bonds.